The molecule has 0 unspecified atom stereocenters. The fourth-order valence-electron chi connectivity index (χ4n) is 5.12. The summed E-state index contributed by atoms with van der Waals surface area (Å²) in [6, 6.07) is 5.80. The number of hydrogen-bond acceptors (Lipinski definition) is 6. The van der Waals surface area contributed by atoms with Crippen molar-refractivity contribution in [1.82, 2.24) is 0 Å². The Kier molecular flexibility index (Phi) is 7.94. The zero-order chi connectivity index (χ0) is 22.5. The van der Waals surface area contributed by atoms with E-state index in [1.807, 2.05) is 19.1 Å². The van der Waals surface area contributed by atoms with Crippen LogP contribution in [0.1, 0.15) is 50.7 Å². The van der Waals surface area contributed by atoms with Gasteiger partial charge in [-0.2, -0.15) is 0 Å². The third kappa shape index (κ3) is 5.57. The topological polar surface area (TPSA) is 102 Å². The third-order valence-electron chi connectivity index (χ3n) is 6.93. The first-order valence-corrected chi connectivity index (χ1v) is 11.2. The highest BCUT2D eigenvalue weighted by molar-refractivity contribution is 5.74. The lowest BCUT2D eigenvalue weighted by molar-refractivity contribution is -0.162. The molecule has 31 heavy (non-hydrogen) atoms. The molecular weight excluding hydrogens is 400 g/mol. The summed E-state index contributed by atoms with van der Waals surface area (Å²) in [6.45, 7) is 3.29. The molecule has 7 heteroatoms. The average molecular weight is 435 g/mol. The number of carboxylic acids is 1. The molecule has 0 amide bonds. The molecule has 2 N–H and O–H groups in total. The van der Waals surface area contributed by atoms with E-state index in [-0.39, 0.29) is 30.7 Å². The Bertz CT molecular complexity index is 777. The summed E-state index contributed by atoms with van der Waals surface area (Å²) in [6.07, 6.45) is 3.40. The summed E-state index contributed by atoms with van der Waals surface area (Å²) in [4.78, 5) is 23.4. The van der Waals surface area contributed by atoms with Gasteiger partial charge in [-0.15, -0.1) is 0 Å². The highest BCUT2D eigenvalue weighted by Gasteiger charge is 2.47. The van der Waals surface area contributed by atoms with Crippen LogP contribution in [0.5, 0.6) is 5.75 Å². The summed E-state index contributed by atoms with van der Waals surface area (Å²) in [5.41, 5.74) is 2.23. The van der Waals surface area contributed by atoms with Gasteiger partial charge in [0.2, 0.25) is 0 Å². The molecule has 6 atom stereocenters. The molecular formula is C24H34O7. The molecule has 3 rings (SSSR count). The minimum Gasteiger partial charge on any atom is -0.482 e. The number of esters is 1. The number of rotatable bonds is 10. The van der Waals surface area contributed by atoms with Crippen molar-refractivity contribution in [3.63, 3.8) is 0 Å². The molecule has 1 aromatic carbocycles. The van der Waals surface area contributed by atoms with Gasteiger partial charge in [-0.1, -0.05) is 19.1 Å². The van der Waals surface area contributed by atoms with E-state index in [9.17, 15) is 14.7 Å². The molecule has 7 nitrogen and oxygen atoms in total. The van der Waals surface area contributed by atoms with Crippen molar-refractivity contribution < 1.29 is 34.0 Å². The van der Waals surface area contributed by atoms with E-state index in [2.05, 4.69) is 6.07 Å². The number of carbonyl (C=O) groups is 2. The van der Waals surface area contributed by atoms with Gasteiger partial charge in [0.15, 0.2) is 12.7 Å². The first-order chi connectivity index (χ1) is 14.8. The summed E-state index contributed by atoms with van der Waals surface area (Å²) in [5, 5.41) is 19.1. The monoisotopic (exact) mass is 434 g/mol. The average Bonchev–Trinajstić information content (AvgIpc) is 3.09. The van der Waals surface area contributed by atoms with E-state index >= 15 is 0 Å². The quantitative estimate of drug-likeness (QED) is 0.546. The van der Waals surface area contributed by atoms with Gasteiger partial charge < -0.3 is 24.4 Å². The Morgan fingerprint density at radius 2 is 2.03 bits per heavy atom. The maximum atomic E-state index is 12.4. The van der Waals surface area contributed by atoms with E-state index in [1.54, 1.807) is 6.92 Å². The molecule has 2 aliphatic carbocycles. The molecule has 0 aliphatic heterocycles. The second-order valence-electron chi connectivity index (χ2n) is 8.80. The van der Waals surface area contributed by atoms with Crippen LogP contribution in [-0.2, 0) is 31.9 Å². The van der Waals surface area contributed by atoms with Gasteiger partial charge in [0, 0.05) is 7.11 Å². The van der Waals surface area contributed by atoms with E-state index in [4.69, 9.17) is 19.3 Å². The maximum Gasteiger partial charge on any atom is 0.341 e. The van der Waals surface area contributed by atoms with Crippen LogP contribution in [0.3, 0.4) is 0 Å². The normalized spacial score (nSPS) is 26.5. The van der Waals surface area contributed by atoms with Crippen molar-refractivity contribution in [2.75, 3.05) is 13.7 Å². The van der Waals surface area contributed by atoms with Crippen LogP contribution in [0.4, 0.5) is 0 Å². The van der Waals surface area contributed by atoms with Crippen LogP contribution in [0.25, 0.3) is 0 Å². The lowest BCUT2D eigenvalue weighted by atomic mass is 9.73. The number of hydrogen-bond donors (Lipinski definition) is 2. The number of carbonyl (C=O) groups excluding carboxylic acids is 1. The largest absolute Gasteiger partial charge is 0.482 e. The minimum atomic E-state index is -0.999. The first kappa shape index (κ1) is 23.5. The Morgan fingerprint density at radius 3 is 2.71 bits per heavy atom. The predicted molar refractivity (Wildman–Crippen MR) is 114 cm³/mol. The number of ether oxygens (including phenoxy) is 3. The highest BCUT2D eigenvalue weighted by Crippen LogP contribution is 2.49. The van der Waals surface area contributed by atoms with E-state index in [0.717, 1.165) is 31.2 Å². The minimum absolute atomic E-state index is 0.177. The summed E-state index contributed by atoms with van der Waals surface area (Å²) in [5.74, 6) is 0.125. The zero-order valence-corrected chi connectivity index (χ0v) is 18.6. The van der Waals surface area contributed by atoms with Gasteiger partial charge in [0.05, 0.1) is 6.10 Å². The summed E-state index contributed by atoms with van der Waals surface area (Å²) in [7, 11) is 1.49. The van der Waals surface area contributed by atoms with Crippen molar-refractivity contribution in [3.05, 3.63) is 29.3 Å². The van der Waals surface area contributed by atoms with Gasteiger partial charge in [0.1, 0.15) is 11.9 Å². The molecule has 0 aromatic heterocycles. The van der Waals surface area contributed by atoms with Crippen molar-refractivity contribution in [2.45, 2.75) is 70.7 Å². The smallest absolute Gasteiger partial charge is 0.341 e. The van der Waals surface area contributed by atoms with Crippen molar-refractivity contribution in [3.8, 4) is 5.75 Å². The van der Waals surface area contributed by atoms with E-state index in [1.165, 1.54) is 12.7 Å². The van der Waals surface area contributed by atoms with Crippen LogP contribution in [0.2, 0.25) is 0 Å². The standard InChI is InChI=1S/C24H34O7/c1-4-17(25)8-9-18-19-10-15-6-5-7-21(30-13-23(26)27)20(15)11-16(19)12-22(18)31-24(28)14(2)29-3/h5-7,14,16-19,22,25H,4,8-13H2,1-3H3,(H,26,27)/t14-,16-,17-,18+,19-,22+/m0/s1. The molecule has 0 spiro atoms. The maximum absolute atomic E-state index is 12.4. The molecule has 0 bridgehead atoms. The molecule has 0 radical (unpaired) electrons. The molecule has 1 fully saturated rings. The number of aliphatic hydroxyl groups is 1. The zero-order valence-electron chi connectivity index (χ0n) is 18.6. The molecule has 1 saturated carbocycles. The highest BCUT2D eigenvalue weighted by atomic mass is 16.6. The number of aliphatic hydroxyl groups excluding tert-OH is 1. The molecule has 0 heterocycles. The molecule has 0 saturated heterocycles. The number of benzene rings is 1. The van der Waals surface area contributed by atoms with Crippen molar-refractivity contribution in [1.29, 1.82) is 0 Å². The van der Waals surface area contributed by atoms with Crippen LogP contribution in [0.15, 0.2) is 18.2 Å². The third-order valence-corrected chi connectivity index (χ3v) is 6.93. The number of fused-ring (bicyclic) bond motifs is 2. The van der Waals surface area contributed by atoms with Gasteiger partial charge in [0.25, 0.3) is 0 Å². The Balaban J connectivity index is 1.80. The molecule has 172 valence electrons. The number of methoxy groups -OCH3 is 1. The van der Waals surface area contributed by atoms with Gasteiger partial charge in [-0.3, -0.25) is 0 Å². The Morgan fingerprint density at radius 1 is 1.26 bits per heavy atom. The van der Waals surface area contributed by atoms with Crippen LogP contribution in [0, 0.1) is 17.8 Å². The van der Waals surface area contributed by atoms with Crippen LogP contribution >= 0.6 is 0 Å². The Hall–Kier alpha value is -2.12. The van der Waals surface area contributed by atoms with Crippen molar-refractivity contribution in [2.24, 2.45) is 17.8 Å². The fraction of sp³-hybridized carbons (Fsp3) is 0.667. The molecule has 1 aromatic rings. The van der Waals surface area contributed by atoms with Gasteiger partial charge in [-0.05, 0) is 80.4 Å². The van der Waals surface area contributed by atoms with Crippen molar-refractivity contribution >= 4 is 11.9 Å². The van der Waals surface area contributed by atoms with E-state index in [0.29, 0.717) is 30.4 Å². The summed E-state index contributed by atoms with van der Waals surface area (Å²) >= 11 is 0. The molecule has 2 aliphatic rings. The van der Waals surface area contributed by atoms with E-state index < -0.39 is 12.1 Å². The van der Waals surface area contributed by atoms with Gasteiger partial charge >= 0.3 is 11.9 Å². The number of carboxylic acid groups (broad SMARTS) is 1. The SMILES string of the molecule is CC[C@H](O)CC[C@@H]1[C@H]2Cc3cccc(OCC(=O)O)c3C[C@H]2C[C@H]1OC(=O)[C@H](C)OC. The van der Waals surface area contributed by atoms with Crippen LogP contribution < -0.4 is 4.74 Å². The summed E-state index contributed by atoms with van der Waals surface area (Å²) < 4.78 is 16.6. The number of aliphatic carboxylic acids is 1. The second kappa shape index (κ2) is 10.5. The predicted octanol–water partition coefficient (Wildman–Crippen LogP) is 3.00. The van der Waals surface area contributed by atoms with Crippen LogP contribution in [-0.4, -0.2) is 54.2 Å². The van der Waals surface area contributed by atoms with Gasteiger partial charge in [-0.25, -0.2) is 9.59 Å². The first-order valence-electron chi connectivity index (χ1n) is 11.2. The lowest BCUT2D eigenvalue weighted by Crippen LogP contribution is -2.32. The Labute approximate surface area is 183 Å². The fourth-order valence-corrected chi connectivity index (χ4v) is 5.12. The second-order valence-corrected chi connectivity index (χ2v) is 8.80. The lowest BCUT2D eigenvalue weighted by Gasteiger charge is -2.32.